The van der Waals surface area contributed by atoms with Crippen LogP contribution >= 0.6 is 11.3 Å². The largest absolute Gasteiger partial charge is 0.481 e. The van der Waals surface area contributed by atoms with Crippen LogP contribution in [0.4, 0.5) is 0 Å². The van der Waals surface area contributed by atoms with E-state index in [4.69, 9.17) is 9.72 Å². The molecule has 0 saturated heterocycles. The molecule has 0 aliphatic heterocycles. The Bertz CT molecular complexity index is 1230. The molecule has 0 spiro atoms. The minimum absolute atomic E-state index is 0.572. The minimum atomic E-state index is 0.572. The van der Waals surface area contributed by atoms with Gasteiger partial charge in [0.15, 0.2) is 5.65 Å². The summed E-state index contributed by atoms with van der Waals surface area (Å²) in [6, 6.07) is 9.98. The summed E-state index contributed by atoms with van der Waals surface area (Å²) in [4.78, 5) is 21.1. The summed E-state index contributed by atoms with van der Waals surface area (Å²) in [5.74, 6) is 0.572. The van der Waals surface area contributed by atoms with Crippen molar-refractivity contribution in [1.29, 1.82) is 0 Å². The number of rotatable bonds is 3. The Morgan fingerprint density at radius 3 is 2.77 bits per heavy atom. The van der Waals surface area contributed by atoms with Crippen molar-refractivity contribution in [3.05, 3.63) is 54.4 Å². The molecule has 0 bridgehead atoms. The summed E-state index contributed by atoms with van der Waals surface area (Å²) >= 11 is 1.63. The lowest BCUT2D eigenvalue weighted by Crippen LogP contribution is -1.91. The number of hydrogen-bond acceptors (Lipinski definition) is 6. The fraction of sp³-hybridized carbons (Fsp3) is 0.0526. The van der Waals surface area contributed by atoms with Gasteiger partial charge in [0.2, 0.25) is 5.88 Å². The molecule has 0 saturated carbocycles. The molecule has 126 valence electrons. The topological polar surface area (TPSA) is 76.6 Å². The van der Waals surface area contributed by atoms with Crippen molar-refractivity contribution >= 4 is 32.7 Å². The summed E-state index contributed by atoms with van der Waals surface area (Å²) < 4.78 is 6.27. The van der Waals surface area contributed by atoms with Gasteiger partial charge in [-0.1, -0.05) is 6.07 Å². The molecular weight excluding hydrogens is 346 g/mol. The second kappa shape index (κ2) is 5.89. The number of ether oxygens (including phenoxy) is 1. The number of pyridine rings is 1. The van der Waals surface area contributed by atoms with Crippen LogP contribution in [0.15, 0.2) is 54.4 Å². The fourth-order valence-corrected chi connectivity index (χ4v) is 3.64. The van der Waals surface area contributed by atoms with E-state index < -0.39 is 0 Å². The van der Waals surface area contributed by atoms with Crippen LogP contribution < -0.4 is 4.74 Å². The lowest BCUT2D eigenvalue weighted by Gasteiger charge is -2.04. The minimum Gasteiger partial charge on any atom is -0.481 e. The third kappa shape index (κ3) is 2.41. The number of hydrogen-bond donors (Lipinski definition) is 1. The normalized spacial score (nSPS) is 11.3. The Morgan fingerprint density at radius 1 is 1.00 bits per heavy atom. The second-order valence-electron chi connectivity index (χ2n) is 5.78. The van der Waals surface area contributed by atoms with E-state index in [2.05, 4.69) is 32.1 Å². The zero-order valence-electron chi connectivity index (χ0n) is 13.8. The first-order chi connectivity index (χ1) is 12.8. The van der Waals surface area contributed by atoms with Gasteiger partial charge in [0.1, 0.15) is 5.52 Å². The molecule has 26 heavy (non-hydrogen) atoms. The average Bonchev–Trinajstić information content (AvgIpc) is 3.33. The maximum Gasteiger partial charge on any atom is 0.212 e. The Balaban J connectivity index is 1.64. The molecule has 0 aliphatic rings. The smallest absolute Gasteiger partial charge is 0.212 e. The molecule has 5 rings (SSSR count). The van der Waals surface area contributed by atoms with Crippen LogP contribution in [0.3, 0.4) is 0 Å². The maximum absolute atomic E-state index is 5.11. The first-order valence-electron chi connectivity index (χ1n) is 8.00. The van der Waals surface area contributed by atoms with E-state index in [0.29, 0.717) is 5.88 Å². The quantitative estimate of drug-likeness (QED) is 0.519. The maximum atomic E-state index is 5.11. The molecule has 0 fully saturated rings. The number of aromatic nitrogens is 5. The van der Waals surface area contributed by atoms with Gasteiger partial charge in [0, 0.05) is 29.6 Å². The van der Waals surface area contributed by atoms with Gasteiger partial charge < -0.3 is 9.72 Å². The van der Waals surface area contributed by atoms with Crippen molar-refractivity contribution in [2.24, 2.45) is 0 Å². The zero-order valence-corrected chi connectivity index (χ0v) is 14.6. The average molecular weight is 359 g/mol. The number of benzene rings is 1. The molecule has 0 aliphatic carbocycles. The van der Waals surface area contributed by atoms with Crippen LogP contribution in [-0.4, -0.2) is 32.0 Å². The molecule has 6 nitrogen and oxygen atoms in total. The molecule has 7 heteroatoms. The van der Waals surface area contributed by atoms with Gasteiger partial charge in [-0.05, 0) is 23.8 Å². The van der Waals surface area contributed by atoms with Crippen LogP contribution in [0.2, 0.25) is 0 Å². The first kappa shape index (κ1) is 15.0. The van der Waals surface area contributed by atoms with Crippen molar-refractivity contribution in [3.63, 3.8) is 0 Å². The Hall–Kier alpha value is -3.32. The van der Waals surface area contributed by atoms with E-state index in [1.165, 1.54) is 0 Å². The van der Waals surface area contributed by atoms with Crippen molar-refractivity contribution < 1.29 is 4.74 Å². The number of H-pyrrole nitrogens is 1. The molecular formula is C19H13N5OS. The van der Waals surface area contributed by atoms with Gasteiger partial charge in [-0.3, -0.25) is 0 Å². The number of nitrogens with one attached hydrogen (secondary N) is 1. The van der Waals surface area contributed by atoms with Gasteiger partial charge >= 0.3 is 0 Å². The predicted octanol–water partition coefficient (Wildman–Crippen LogP) is 4.31. The SMILES string of the molecule is COc1ccc(-c2cnc3[nH]cc(-c4ccc5ncsc5c4)c3n2)cn1. The molecule has 0 amide bonds. The molecule has 4 heterocycles. The van der Waals surface area contributed by atoms with E-state index in [1.54, 1.807) is 30.8 Å². The lowest BCUT2D eigenvalue weighted by molar-refractivity contribution is 0.398. The summed E-state index contributed by atoms with van der Waals surface area (Å²) in [5.41, 5.74) is 8.24. The van der Waals surface area contributed by atoms with Crippen LogP contribution in [0.5, 0.6) is 5.88 Å². The van der Waals surface area contributed by atoms with Crippen molar-refractivity contribution in [2.45, 2.75) is 0 Å². The van der Waals surface area contributed by atoms with Crippen molar-refractivity contribution in [2.75, 3.05) is 7.11 Å². The van der Waals surface area contributed by atoms with E-state index in [-0.39, 0.29) is 0 Å². The third-order valence-corrected chi connectivity index (χ3v) is 5.06. The van der Waals surface area contributed by atoms with E-state index in [1.807, 2.05) is 29.9 Å². The predicted molar refractivity (Wildman–Crippen MR) is 102 cm³/mol. The highest BCUT2D eigenvalue weighted by molar-refractivity contribution is 7.16. The first-order valence-corrected chi connectivity index (χ1v) is 8.88. The van der Waals surface area contributed by atoms with Crippen LogP contribution in [0.1, 0.15) is 0 Å². The van der Waals surface area contributed by atoms with E-state index in [0.717, 1.165) is 43.8 Å². The summed E-state index contributed by atoms with van der Waals surface area (Å²) in [6.07, 6.45) is 5.44. The van der Waals surface area contributed by atoms with Crippen molar-refractivity contribution in [3.8, 4) is 28.3 Å². The second-order valence-corrected chi connectivity index (χ2v) is 6.67. The monoisotopic (exact) mass is 359 g/mol. The van der Waals surface area contributed by atoms with Gasteiger partial charge in [-0.2, -0.15) is 0 Å². The van der Waals surface area contributed by atoms with Crippen LogP contribution in [0, 0.1) is 0 Å². The molecule has 1 aromatic carbocycles. The Labute approximate surface area is 152 Å². The molecule has 4 aromatic heterocycles. The number of aromatic amines is 1. The highest BCUT2D eigenvalue weighted by Crippen LogP contribution is 2.31. The number of methoxy groups -OCH3 is 1. The lowest BCUT2D eigenvalue weighted by atomic mass is 10.1. The molecule has 5 aromatic rings. The molecule has 0 atom stereocenters. The Kier molecular flexibility index (Phi) is 3.39. The van der Waals surface area contributed by atoms with Crippen LogP contribution in [0.25, 0.3) is 43.8 Å². The zero-order chi connectivity index (χ0) is 17.5. The number of fused-ring (bicyclic) bond motifs is 2. The van der Waals surface area contributed by atoms with Gasteiger partial charge in [0.25, 0.3) is 0 Å². The fourth-order valence-electron chi connectivity index (χ4n) is 2.93. The number of nitrogens with zero attached hydrogens (tertiary/aromatic N) is 4. The Morgan fingerprint density at radius 2 is 1.92 bits per heavy atom. The summed E-state index contributed by atoms with van der Waals surface area (Å²) in [6.45, 7) is 0. The summed E-state index contributed by atoms with van der Waals surface area (Å²) in [5, 5.41) is 0. The highest BCUT2D eigenvalue weighted by Gasteiger charge is 2.12. The van der Waals surface area contributed by atoms with Crippen LogP contribution in [-0.2, 0) is 0 Å². The third-order valence-electron chi connectivity index (χ3n) is 4.26. The number of thiazole rings is 1. The molecule has 0 radical (unpaired) electrons. The van der Waals surface area contributed by atoms with Crippen molar-refractivity contribution in [1.82, 2.24) is 24.9 Å². The highest BCUT2D eigenvalue weighted by atomic mass is 32.1. The van der Waals surface area contributed by atoms with Gasteiger partial charge in [-0.15, -0.1) is 11.3 Å². The van der Waals surface area contributed by atoms with E-state index >= 15 is 0 Å². The van der Waals surface area contributed by atoms with Gasteiger partial charge in [0.05, 0.1) is 34.7 Å². The molecule has 0 unspecified atom stereocenters. The summed E-state index contributed by atoms with van der Waals surface area (Å²) in [7, 11) is 1.60. The standard InChI is InChI=1S/C19H13N5OS/c1-25-17-5-3-12(7-20-17)15-9-22-19-18(24-15)13(8-21-19)11-2-4-14-16(6-11)26-10-23-14/h2-10H,1H3,(H,21,22). The van der Waals surface area contributed by atoms with Gasteiger partial charge in [-0.25, -0.2) is 19.9 Å². The van der Waals surface area contributed by atoms with E-state index in [9.17, 15) is 0 Å². The molecule has 1 N–H and O–H groups in total.